The number of alkyl halides is 3. The van der Waals surface area contributed by atoms with Crippen molar-refractivity contribution in [2.24, 2.45) is 5.73 Å². The van der Waals surface area contributed by atoms with Crippen LogP contribution in [0.15, 0.2) is 12.1 Å². The molecule has 0 amide bonds. The van der Waals surface area contributed by atoms with Crippen LogP contribution < -0.4 is 5.73 Å². The zero-order valence-corrected chi connectivity index (χ0v) is 7.83. The van der Waals surface area contributed by atoms with Crippen LogP contribution in [0.25, 0.3) is 0 Å². The van der Waals surface area contributed by atoms with Gasteiger partial charge < -0.3 is 5.73 Å². The monoisotopic (exact) mass is 245 g/mol. The average Bonchev–Trinajstić information content (AvgIpc) is 1.99. The van der Waals surface area contributed by atoms with Gasteiger partial charge in [0.05, 0.1) is 0 Å². The Morgan fingerprint density at radius 2 is 1.53 bits per heavy atom. The Labute approximate surface area is 86.6 Å². The first kappa shape index (κ1) is 12.2. The van der Waals surface area contributed by atoms with Crippen molar-refractivity contribution in [3.8, 4) is 0 Å². The summed E-state index contributed by atoms with van der Waals surface area (Å²) in [6.07, 6.45) is -4.91. The number of nitrogens with two attached hydrogens (primary N) is 1. The van der Waals surface area contributed by atoms with Crippen molar-refractivity contribution in [2.75, 3.05) is 0 Å². The standard InChI is InChI=1S/C8H5ClF5N/c9-3-1-4(10)6(5(11)2-3)7(15)8(12,13)14/h1-2,7H,15H2/t7-/m1/s1. The summed E-state index contributed by atoms with van der Waals surface area (Å²) in [6.45, 7) is 0. The van der Waals surface area contributed by atoms with Gasteiger partial charge in [0.1, 0.15) is 17.7 Å². The molecule has 0 saturated carbocycles. The van der Waals surface area contributed by atoms with Crippen LogP contribution >= 0.6 is 11.6 Å². The smallest absolute Gasteiger partial charge is 0.316 e. The maximum atomic E-state index is 13.0. The predicted molar refractivity (Wildman–Crippen MR) is 44.4 cm³/mol. The molecule has 1 rings (SSSR count). The Morgan fingerprint density at radius 3 is 1.87 bits per heavy atom. The molecule has 15 heavy (non-hydrogen) atoms. The van der Waals surface area contributed by atoms with E-state index in [4.69, 9.17) is 11.6 Å². The highest BCUT2D eigenvalue weighted by Crippen LogP contribution is 2.34. The van der Waals surface area contributed by atoms with Crippen LogP contribution in [0.3, 0.4) is 0 Å². The van der Waals surface area contributed by atoms with Gasteiger partial charge in [-0.1, -0.05) is 11.6 Å². The van der Waals surface area contributed by atoms with Crippen molar-refractivity contribution in [3.63, 3.8) is 0 Å². The van der Waals surface area contributed by atoms with E-state index in [9.17, 15) is 22.0 Å². The van der Waals surface area contributed by atoms with Gasteiger partial charge in [-0.25, -0.2) is 8.78 Å². The van der Waals surface area contributed by atoms with Gasteiger partial charge in [-0.2, -0.15) is 13.2 Å². The Morgan fingerprint density at radius 1 is 1.13 bits per heavy atom. The van der Waals surface area contributed by atoms with Crippen LogP contribution in [0.1, 0.15) is 11.6 Å². The number of halogens is 6. The summed E-state index contributed by atoms with van der Waals surface area (Å²) in [5.41, 5.74) is 3.45. The fourth-order valence-corrected chi connectivity index (χ4v) is 1.21. The molecule has 0 fully saturated rings. The Balaban J connectivity index is 3.26. The molecule has 0 unspecified atom stereocenters. The van der Waals surface area contributed by atoms with Gasteiger partial charge in [-0.15, -0.1) is 0 Å². The van der Waals surface area contributed by atoms with Gasteiger partial charge in [-0.05, 0) is 12.1 Å². The number of benzene rings is 1. The first-order chi connectivity index (χ1) is 6.73. The lowest BCUT2D eigenvalue weighted by Gasteiger charge is -2.17. The molecule has 1 nitrogen and oxygen atoms in total. The van der Waals surface area contributed by atoms with Gasteiger partial charge in [0, 0.05) is 10.6 Å². The van der Waals surface area contributed by atoms with Crippen LogP contribution in [0.4, 0.5) is 22.0 Å². The van der Waals surface area contributed by atoms with Gasteiger partial charge in [0.25, 0.3) is 0 Å². The number of rotatable bonds is 1. The van der Waals surface area contributed by atoms with Gasteiger partial charge in [-0.3, -0.25) is 0 Å². The molecule has 0 heterocycles. The predicted octanol–water partition coefficient (Wildman–Crippen LogP) is 3.18. The van der Waals surface area contributed by atoms with E-state index in [1.807, 2.05) is 0 Å². The highest BCUT2D eigenvalue weighted by Gasteiger charge is 2.41. The highest BCUT2D eigenvalue weighted by atomic mass is 35.5. The molecular weight excluding hydrogens is 241 g/mol. The quantitative estimate of drug-likeness (QED) is 0.756. The second kappa shape index (κ2) is 3.94. The van der Waals surface area contributed by atoms with E-state index >= 15 is 0 Å². The Bertz CT molecular complexity index is 353. The normalized spacial score (nSPS) is 14.1. The van der Waals surface area contributed by atoms with Crippen molar-refractivity contribution in [3.05, 3.63) is 34.4 Å². The summed E-state index contributed by atoms with van der Waals surface area (Å²) < 4.78 is 62.3. The van der Waals surface area contributed by atoms with Crippen molar-refractivity contribution in [1.82, 2.24) is 0 Å². The van der Waals surface area contributed by atoms with Crippen molar-refractivity contribution in [2.45, 2.75) is 12.2 Å². The molecule has 0 aliphatic heterocycles. The van der Waals surface area contributed by atoms with Gasteiger partial charge in [0.2, 0.25) is 0 Å². The molecule has 1 aromatic carbocycles. The minimum atomic E-state index is -4.91. The van der Waals surface area contributed by atoms with Gasteiger partial charge in [0.15, 0.2) is 0 Å². The third-order valence-corrected chi connectivity index (χ3v) is 1.93. The van der Waals surface area contributed by atoms with E-state index in [1.165, 1.54) is 0 Å². The van der Waals surface area contributed by atoms with E-state index in [0.717, 1.165) is 0 Å². The Hall–Kier alpha value is -0.880. The van der Waals surface area contributed by atoms with Crippen LogP contribution in [0.2, 0.25) is 5.02 Å². The SMILES string of the molecule is N[C@H](c1c(F)cc(Cl)cc1F)C(F)(F)F. The molecule has 0 aliphatic carbocycles. The number of hydrogen-bond donors (Lipinski definition) is 1. The maximum absolute atomic E-state index is 13.0. The second-order valence-corrected chi connectivity index (χ2v) is 3.24. The van der Waals surface area contributed by atoms with Crippen LogP contribution in [-0.2, 0) is 0 Å². The van der Waals surface area contributed by atoms with E-state index < -0.39 is 29.4 Å². The highest BCUT2D eigenvalue weighted by molar-refractivity contribution is 6.30. The van der Waals surface area contributed by atoms with E-state index in [2.05, 4.69) is 5.73 Å². The fourth-order valence-electron chi connectivity index (χ4n) is 1.01. The number of hydrogen-bond acceptors (Lipinski definition) is 1. The lowest BCUT2D eigenvalue weighted by atomic mass is 10.1. The molecule has 1 atom stereocenters. The molecule has 0 bridgehead atoms. The van der Waals surface area contributed by atoms with Crippen molar-refractivity contribution >= 4 is 11.6 Å². The molecule has 0 radical (unpaired) electrons. The molecule has 0 spiro atoms. The molecule has 0 aliphatic rings. The van der Waals surface area contributed by atoms with E-state index in [1.54, 1.807) is 0 Å². The third-order valence-electron chi connectivity index (χ3n) is 1.71. The molecule has 2 N–H and O–H groups in total. The molecule has 7 heteroatoms. The van der Waals surface area contributed by atoms with Crippen LogP contribution in [0.5, 0.6) is 0 Å². The third kappa shape index (κ3) is 2.57. The van der Waals surface area contributed by atoms with Crippen molar-refractivity contribution in [1.29, 1.82) is 0 Å². The largest absolute Gasteiger partial charge is 0.407 e. The molecule has 84 valence electrons. The summed E-state index contributed by atoms with van der Waals surface area (Å²) in [6, 6.07) is -1.55. The van der Waals surface area contributed by atoms with E-state index in [-0.39, 0.29) is 5.02 Å². The first-order valence-corrected chi connectivity index (χ1v) is 4.08. The van der Waals surface area contributed by atoms with Crippen LogP contribution in [-0.4, -0.2) is 6.18 Å². The molecule has 0 saturated heterocycles. The van der Waals surface area contributed by atoms with E-state index in [0.29, 0.717) is 12.1 Å². The fraction of sp³-hybridized carbons (Fsp3) is 0.250. The first-order valence-electron chi connectivity index (χ1n) is 3.70. The zero-order chi connectivity index (χ0) is 11.8. The minimum Gasteiger partial charge on any atom is -0.316 e. The maximum Gasteiger partial charge on any atom is 0.407 e. The average molecular weight is 246 g/mol. The zero-order valence-electron chi connectivity index (χ0n) is 7.08. The van der Waals surface area contributed by atoms with Crippen LogP contribution in [0, 0.1) is 11.6 Å². The molecule has 1 aromatic rings. The topological polar surface area (TPSA) is 26.0 Å². The summed E-state index contributed by atoms with van der Waals surface area (Å²) >= 11 is 5.24. The minimum absolute atomic E-state index is 0.330. The summed E-state index contributed by atoms with van der Waals surface area (Å²) in [7, 11) is 0. The second-order valence-electron chi connectivity index (χ2n) is 2.80. The summed E-state index contributed by atoms with van der Waals surface area (Å²) in [4.78, 5) is 0. The summed E-state index contributed by atoms with van der Waals surface area (Å²) in [5, 5.41) is -0.330. The van der Waals surface area contributed by atoms with Gasteiger partial charge >= 0.3 is 6.18 Å². The Kier molecular flexibility index (Phi) is 3.20. The van der Waals surface area contributed by atoms with Crippen molar-refractivity contribution < 1.29 is 22.0 Å². The summed E-state index contributed by atoms with van der Waals surface area (Å²) in [5.74, 6) is -2.82. The lowest BCUT2D eigenvalue weighted by molar-refractivity contribution is -0.150. The lowest BCUT2D eigenvalue weighted by Crippen LogP contribution is -2.30. The molecular formula is C8H5ClF5N. The molecule has 0 aromatic heterocycles.